The second-order valence-corrected chi connectivity index (χ2v) is 11.2. The van der Waals surface area contributed by atoms with Crippen molar-refractivity contribution in [2.45, 2.75) is 31.9 Å². The van der Waals surface area contributed by atoms with Gasteiger partial charge in [-0.2, -0.15) is 21.6 Å². The highest BCUT2D eigenvalue weighted by molar-refractivity contribution is 7.86. The van der Waals surface area contributed by atoms with E-state index >= 15 is 0 Å². The van der Waals surface area contributed by atoms with Gasteiger partial charge in [0.1, 0.15) is 0 Å². The Labute approximate surface area is 94.4 Å². The van der Waals surface area contributed by atoms with Gasteiger partial charge in [0.25, 0.3) is 10.1 Å². The standard InChI is InChI=1S/C8H15F3O3SSi/c1-15(12,13)14-7(8(9,10)11)5-6-16(2,3)4/h5-7H,1-4H3/b6-5+. The van der Waals surface area contributed by atoms with Crippen molar-refractivity contribution in [3.05, 3.63) is 11.8 Å². The predicted octanol–water partition coefficient (Wildman–Crippen LogP) is 2.33. The molecule has 0 rings (SSSR count). The highest BCUT2D eigenvalue weighted by Gasteiger charge is 2.41. The minimum atomic E-state index is -4.72. The SMILES string of the molecule is C[Si](C)(C)/C=C/C(OS(C)(=O)=O)C(F)(F)F. The van der Waals surface area contributed by atoms with Crippen LogP contribution in [0.15, 0.2) is 11.8 Å². The van der Waals surface area contributed by atoms with E-state index in [-0.39, 0.29) is 0 Å². The van der Waals surface area contributed by atoms with Crippen molar-refractivity contribution in [3.8, 4) is 0 Å². The Morgan fingerprint density at radius 3 is 1.94 bits per heavy atom. The van der Waals surface area contributed by atoms with E-state index in [2.05, 4.69) is 4.18 Å². The maximum absolute atomic E-state index is 12.4. The lowest BCUT2D eigenvalue weighted by Gasteiger charge is -2.17. The summed E-state index contributed by atoms with van der Waals surface area (Å²) in [7, 11) is -5.96. The molecule has 0 aromatic carbocycles. The van der Waals surface area contributed by atoms with Gasteiger partial charge in [0.2, 0.25) is 0 Å². The molecule has 16 heavy (non-hydrogen) atoms. The molecule has 0 amide bonds. The third-order valence-electron chi connectivity index (χ3n) is 1.37. The number of alkyl halides is 3. The first-order chi connectivity index (χ1) is 6.81. The molecule has 8 heteroatoms. The topological polar surface area (TPSA) is 43.4 Å². The van der Waals surface area contributed by atoms with Crippen LogP contribution in [-0.4, -0.2) is 35.0 Å². The molecule has 0 radical (unpaired) electrons. The molecule has 1 atom stereocenters. The Balaban J connectivity index is 4.93. The lowest BCUT2D eigenvalue weighted by molar-refractivity contribution is -0.178. The summed E-state index contributed by atoms with van der Waals surface area (Å²) in [6.45, 7) is 5.49. The Hall–Kier alpha value is -0.343. The Kier molecular flexibility index (Phi) is 4.78. The average Bonchev–Trinajstić information content (AvgIpc) is 1.91. The Morgan fingerprint density at radius 1 is 1.25 bits per heavy atom. The summed E-state index contributed by atoms with van der Waals surface area (Å²) in [5, 5.41) is 0. The summed E-state index contributed by atoms with van der Waals surface area (Å²) in [6, 6.07) is 0. The third kappa shape index (κ3) is 7.89. The number of hydrogen-bond donors (Lipinski definition) is 0. The van der Waals surface area contributed by atoms with Crippen LogP contribution in [0.4, 0.5) is 13.2 Å². The molecule has 0 heterocycles. The summed E-state index contributed by atoms with van der Waals surface area (Å²) in [5.74, 6) is 0. The van der Waals surface area contributed by atoms with Gasteiger partial charge in [-0.3, -0.25) is 4.18 Å². The van der Waals surface area contributed by atoms with Crippen molar-refractivity contribution in [1.82, 2.24) is 0 Å². The molecule has 3 nitrogen and oxygen atoms in total. The van der Waals surface area contributed by atoms with Crippen molar-refractivity contribution in [2.24, 2.45) is 0 Å². The van der Waals surface area contributed by atoms with Gasteiger partial charge in [-0.05, 0) is 0 Å². The van der Waals surface area contributed by atoms with E-state index in [9.17, 15) is 21.6 Å². The summed E-state index contributed by atoms with van der Waals surface area (Å²) < 4.78 is 62.5. The second kappa shape index (κ2) is 4.88. The first-order valence-corrected chi connectivity index (χ1v) is 9.85. The van der Waals surface area contributed by atoms with Crippen LogP contribution in [0.3, 0.4) is 0 Å². The summed E-state index contributed by atoms with van der Waals surface area (Å²) >= 11 is 0. The fourth-order valence-electron chi connectivity index (χ4n) is 0.760. The smallest absolute Gasteiger partial charge is 0.253 e. The Bertz CT molecular complexity index is 354. The largest absolute Gasteiger partial charge is 0.419 e. The molecule has 0 saturated carbocycles. The quantitative estimate of drug-likeness (QED) is 0.584. The van der Waals surface area contributed by atoms with E-state index < -0.39 is 30.5 Å². The van der Waals surface area contributed by atoms with Gasteiger partial charge in [-0.1, -0.05) is 31.4 Å². The zero-order chi connectivity index (χ0) is 13.2. The zero-order valence-electron chi connectivity index (χ0n) is 9.50. The monoisotopic (exact) mass is 276 g/mol. The highest BCUT2D eigenvalue weighted by Crippen LogP contribution is 2.25. The molecule has 0 aromatic rings. The van der Waals surface area contributed by atoms with E-state index in [1.54, 1.807) is 0 Å². The minimum Gasteiger partial charge on any atom is -0.253 e. The molecule has 0 spiro atoms. The third-order valence-corrected chi connectivity index (χ3v) is 3.12. The predicted molar refractivity (Wildman–Crippen MR) is 58.3 cm³/mol. The van der Waals surface area contributed by atoms with Gasteiger partial charge < -0.3 is 0 Å². The van der Waals surface area contributed by atoms with Crippen molar-refractivity contribution < 1.29 is 25.8 Å². The highest BCUT2D eigenvalue weighted by atomic mass is 32.2. The average molecular weight is 276 g/mol. The molecule has 96 valence electrons. The van der Waals surface area contributed by atoms with Gasteiger partial charge in [-0.25, -0.2) is 0 Å². The van der Waals surface area contributed by atoms with Gasteiger partial charge in [0, 0.05) is 0 Å². The number of halogens is 3. The first kappa shape index (κ1) is 15.7. The van der Waals surface area contributed by atoms with Crippen molar-refractivity contribution in [2.75, 3.05) is 6.26 Å². The fourth-order valence-corrected chi connectivity index (χ4v) is 2.06. The van der Waals surface area contributed by atoms with Crippen LogP contribution >= 0.6 is 0 Å². The molecule has 0 saturated heterocycles. The zero-order valence-corrected chi connectivity index (χ0v) is 11.3. The van der Waals surface area contributed by atoms with Crippen LogP contribution in [-0.2, 0) is 14.3 Å². The van der Waals surface area contributed by atoms with Crippen molar-refractivity contribution in [1.29, 1.82) is 0 Å². The van der Waals surface area contributed by atoms with Gasteiger partial charge in [-0.15, -0.1) is 0 Å². The van der Waals surface area contributed by atoms with Crippen LogP contribution in [0.2, 0.25) is 19.6 Å². The first-order valence-electron chi connectivity index (χ1n) is 4.45. The van der Waals surface area contributed by atoms with Gasteiger partial charge >= 0.3 is 6.18 Å². The van der Waals surface area contributed by atoms with Crippen LogP contribution in [0.1, 0.15) is 0 Å². The van der Waals surface area contributed by atoms with E-state index in [0.717, 1.165) is 6.08 Å². The van der Waals surface area contributed by atoms with Crippen molar-refractivity contribution in [3.63, 3.8) is 0 Å². The molecule has 0 fully saturated rings. The normalized spacial score (nSPS) is 16.7. The molecule has 0 aromatic heterocycles. The van der Waals surface area contributed by atoms with E-state index in [4.69, 9.17) is 0 Å². The van der Waals surface area contributed by atoms with Gasteiger partial charge in [0.05, 0.1) is 14.3 Å². The van der Waals surface area contributed by atoms with Crippen LogP contribution < -0.4 is 0 Å². The van der Waals surface area contributed by atoms with E-state index in [1.165, 1.54) is 5.70 Å². The van der Waals surface area contributed by atoms with Crippen molar-refractivity contribution >= 4 is 18.2 Å². The maximum atomic E-state index is 12.4. The summed E-state index contributed by atoms with van der Waals surface area (Å²) in [5.41, 5.74) is 1.40. The van der Waals surface area contributed by atoms with E-state index in [1.807, 2.05) is 19.6 Å². The molecular formula is C8H15F3O3SSi. The summed E-state index contributed by atoms with van der Waals surface area (Å²) in [4.78, 5) is 0. The molecular weight excluding hydrogens is 261 g/mol. The molecule has 0 bridgehead atoms. The second-order valence-electron chi connectivity index (χ2n) is 4.49. The minimum absolute atomic E-state index is 0.591. The lowest BCUT2D eigenvalue weighted by atomic mass is 10.3. The lowest BCUT2D eigenvalue weighted by Crippen LogP contribution is -2.32. The molecule has 0 N–H and O–H groups in total. The molecule has 1 unspecified atom stereocenters. The molecule has 0 aliphatic heterocycles. The number of hydrogen-bond acceptors (Lipinski definition) is 3. The molecule has 0 aliphatic carbocycles. The van der Waals surface area contributed by atoms with Gasteiger partial charge in [0.15, 0.2) is 6.10 Å². The Morgan fingerprint density at radius 2 is 1.69 bits per heavy atom. The van der Waals surface area contributed by atoms with Crippen LogP contribution in [0.25, 0.3) is 0 Å². The van der Waals surface area contributed by atoms with E-state index in [0.29, 0.717) is 6.26 Å². The molecule has 0 aliphatic rings. The number of rotatable bonds is 4. The summed E-state index contributed by atoms with van der Waals surface area (Å²) in [6.07, 6.45) is -5.75. The van der Waals surface area contributed by atoms with Crippen LogP contribution in [0.5, 0.6) is 0 Å². The maximum Gasteiger partial charge on any atom is 0.419 e. The fraction of sp³-hybridized carbons (Fsp3) is 0.750. The van der Waals surface area contributed by atoms with Crippen LogP contribution in [0, 0.1) is 0 Å².